The Morgan fingerprint density at radius 1 is 0.926 bits per heavy atom. The number of ether oxygens (including phenoxy) is 2. The summed E-state index contributed by atoms with van der Waals surface area (Å²) in [5, 5.41) is 10.0. The van der Waals surface area contributed by atoms with Crippen molar-refractivity contribution >= 4 is 6.08 Å². The van der Waals surface area contributed by atoms with Crippen LogP contribution < -0.4 is 9.47 Å². The molecule has 2 aromatic carbocycles. The van der Waals surface area contributed by atoms with Crippen LogP contribution in [0.4, 0.5) is 0 Å². The van der Waals surface area contributed by atoms with Gasteiger partial charge in [-0.25, -0.2) is 0 Å². The minimum absolute atomic E-state index is 0.0544. The van der Waals surface area contributed by atoms with Crippen LogP contribution in [0, 0.1) is 0 Å². The third-order valence-electron chi connectivity index (χ3n) is 4.88. The van der Waals surface area contributed by atoms with Gasteiger partial charge >= 0.3 is 0 Å². The second-order valence-corrected chi connectivity index (χ2v) is 6.74. The monoisotopic (exact) mass is 368 g/mol. The van der Waals surface area contributed by atoms with Crippen LogP contribution in [0.3, 0.4) is 0 Å². The molecule has 0 radical (unpaired) electrons. The predicted octanol–water partition coefficient (Wildman–Crippen LogP) is 3.24. The van der Waals surface area contributed by atoms with Crippen LogP contribution >= 0.6 is 0 Å². The van der Waals surface area contributed by atoms with Gasteiger partial charge in [0, 0.05) is 39.3 Å². The Hall–Kier alpha value is -2.50. The van der Waals surface area contributed by atoms with Gasteiger partial charge < -0.3 is 14.6 Å². The molecule has 0 aromatic heterocycles. The van der Waals surface area contributed by atoms with Crippen LogP contribution in [-0.2, 0) is 6.54 Å². The van der Waals surface area contributed by atoms with E-state index in [1.54, 1.807) is 14.2 Å². The molecule has 0 atom stereocenters. The number of benzene rings is 2. The number of methoxy groups -OCH3 is 2. The summed E-state index contributed by atoms with van der Waals surface area (Å²) >= 11 is 0. The lowest BCUT2D eigenvalue weighted by Gasteiger charge is -2.34. The van der Waals surface area contributed by atoms with Gasteiger partial charge in [0.2, 0.25) is 5.75 Å². The molecule has 0 amide bonds. The van der Waals surface area contributed by atoms with E-state index >= 15 is 0 Å². The van der Waals surface area contributed by atoms with Crippen LogP contribution in [0.25, 0.3) is 6.08 Å². The molecule has 5 heteroatoms. The number of phenols is 1. The summed E-state index contributed by atoms with van der Waals surface area (Å²) in [5.74, 6) is 0.960. The molecule has 0 unspecified atom stereocenters. The van der Waals surface area contributed by atoms with Gasteiger partial charge in [-0.1, -0.05) is 42.5 Å². The molecule has 3 rings (SSSR count). The third kappa shape index (κ3) is 5.25. The van der Waals surface area contributed by atoms with Crippen molar-refractivity contribution in [2.24, 2.45) is 0 Å². The van der Waals surface area contributed by atoms with Crippen molar-refractivity contribution in [3.8, 4) is 17.2 Å². The van der Waals surface area contributed by atoms with E-state index in [1.807, 2.05) is 18.2 Å². The fraction of sp³-hybridized carbons (Fsp3) is 0.364. The topological polar surface area (TPSA) is 45.2 Å². The zero-order valence-corrected chi connectivity index (χ0v) is 16.1. The normalized spacial score (nSPS) is 15.9. The molecule has 1 aliphatic heterocycles. The molecule has 2 aromatic rings. The first-order chi connectivity index (χ1) is 13.2. The summed E-state index contributed by atoms with van der Waals surface area (Å²) in [4.78, 5) is 4.89. The summed E-state index contributed by atoms with van der Waals surface area (Å²) in [7, 11) is 3.11. The van der Waals surface area contributed by atoms with E-state index in [-0.39, 0.29) is 5.75 Å². The Bertz CT molecular complexity index is 728. The van der Waals surface area contributed by atoms with Crippen molar-refractivity contribution in [1.29, 1.82) is 0 Å². The highest BCUT2D eigenvalue weighted by atomic mass is 16.5. The highest BCUT2D eigenvalue weighted by Crippen LogP contribution is 2.37. The van der Waals surface area contributed by atoms with Crippen LogP contribution in [0.15, 0.2) is 48.5 Å². The Morgan fingerprint density at radius 3 is 2.11 bits per heavy atom. The minimum Gasteiger partial charge on any atom is -0.502 e. The molecule has 0 aliphatic carbocycles. The van der Waals surface area contributed by atoms with Gasteiger partial charge in [0.1, 0.15) is 0 Å². The molecule has 1 heterocycles. The molecular formula is C22H28N2O3. The third-order valence-corrected chi connectivity index (χ3v) is 4.88. The summed E-state index contributed by atoms with van der Waals surface area (Å²) in [5.41, 5.74) is 2.32. The Labute approximate surface area is 161 Å². The fourth-order valence-electron chi connectivity index (χ4n) is 3.33. The molecule has 1 aliphatic rings. The van der Waals surface area contributed by atoms with Crippen molar-refractivity contribution in [1.82, 2.24) is 9.80 Å². The van der Waals surface area contributed by atoms with Crippen molar-refractivity contribution in [2.75, 3.05) is 46.9 Å². The number of phenolic OH excluding ortho intramolecular Hbond substituents is 1. The average molecular weight is 368 g/mol. The summed E-state index contributed by atoms with van der Waals surface area (Å²) in [6, 6.07) is 14.2. The van der Waals surface area contributed by atoms with Gasteiger partial charge in [-0.3, -0.25) is 9.80 Å². The minimum atomic E-state index is 0.0544. The maximum absolute atomic E-state index is 10.0. The molecule has 1 saturated heterocycles. The zero-order chi connectivity index (χ0) is 19.1. The Balaban J connectivity index is 1.50. The molecule has 27 heavy (non-hydrogen) atoms. The van der Waals surface area contributed by atoms with Gasteiger partial charge in [0.05, 0.1) is 14.2 Å². The first-order valence-corrected chi connectivity index (χ1v) is 9.29. The number of hydrogen-bond acceptors (Lipinski definition) is 5. The van der Waals surface area contributed by atoms with Crippen molar-refractivity contribution in [2.45, 2.75) is 6.54 Å². The zero-order valence-electron chi connectivity index (χ0n) is 16.1. The molecule has 1 N–H and O–H groups in total. The quantitative estimate of drug-likeness (QED) is 0.813. The number of nitrogens with zero attached hydrogens (tertiary/aromatic N) is 2. The first kappa shape index (κ1) is 19.3. The van der Waals surface area contributed by atoms with Crippen molar-refractivity contribution in [3.63, 3.8) is 0 Å². The largest absolute Gasteiger partial charge is 0.502 e. The summed E-state index contributed by atoms with van der Waals surface area (Å²) in [6.45, 7) is 5.93. The lowest BCUT2D eigenvalue weighted by atomic mass is 10.1. The van der Waals surface area contributed by atoms with Crippen LogP contribution in [0.1, 0.15) is 11.1 Å². The van der Waals surface area contributed by atoms with E-state index in [0.29, 0.717) is 11.5 Å². The smallest absolute Gasteiger partial charge is 0.200 e. The van der Waals surface area contributed by atoms with E-state index in [9.17, 15) is 5.11 Å². The maximum Gasteiger partial charge on any atom is 0.200 e. The Kier molecular flexibility index (Phi) is 6.74. The van der Waals surface area contributed by atoms with Crippen LogP contribution in [0.5, 0.6) is 17.2 Å². The summed E-state index contributed by atoms with van der Waals surface area (Å²) < 4.78 is 10.5. The fourth-order valence-corrected chi connectivity index (χ4v) is 3.33. The standard InChI is InChI=1S/C22H28N2O3/c1-26-20-15-19(16-21(27-2)22(20)25)17-24-13-11-23(12-14-24)10-6-9-18-7-4-3-5-8-18/h3-9,15-16,25H,10-14,17H2,1-2H3. The average Bonchev–Trinajstić information content (AvgIpc) is 2.71. The van der Waals surface area contributed by atoms with E-state index in [2.05, 4.69) is 46.2 Å². The number of aromatic hydroxyl groups is 1. The maximum atomic E-state index is 10.0. The number of piperazine rings is 1. The lowest BCUT2D eigenvalue weighted by Crippen LogP contribution is -2.45. The van der Waals surface area contributed by atoms with Gasteiger partial charge in [-0.15, -0.1) is 0 Å². The highest BCUT2D eigenvalue weighted by Gasteiger charge is 2.18. The molecule has 0 spiro atoms. The summed E-state index contributed by atoms with van der Waals surface area (Å²) in [6.07, 6.45) is 4.42. The number of rotatable bonds is 7. The second-order valence-electron chi connectivity index (χ2n) is 6.74. The first-order valence-electron chi connectivity index (χ1n) is 9.29. The molecule has 144 valence electrons. The second kappa shape index (κ2) is 9.44. The van der Waals surface area contributed by atoms with Crippen molar-refractivity contribution < 1.29 is 14.6 Å². The SMILES string of the molecule is COc1cc(CN2CCN(CC=Cc3ccccc3)CC2)cc(OC)c1O. The number of hydrogen-bond donors (Lipinski definition) is 1. The molecular weight excluding hydrogens is 340 g/mol. The van der Waals surface area contributed by atoms with E-state index in [0.717, 1.165) is 44.8 Å². The van der Waals surface area contributed by atoms with E-state index < -0.39 is 0 Å². The molecule has 1 fully saturated rings. The van der Waals surface area contributed by atoms with E-state index in [4.69, 9.17) is 9.47 Å². The van der Waals surface area contributed by atoms with Gasteiger partial charge in [-0.2, -0.15) is 0 Å². The lowest BCUT2D eigenvalue weighted by molar-refractivity contribution is 0.137. The molecule has 0 saturated carbocycles. The van der Waals surface area contributed by atoms with Crippen molar-refractivity contribution in [3.05, 3.63) is 59.7 Å². The molecule has 5 nitrogen and oxygen atoms in total. The van der Waals surface area contributed by atoms with E-state index in [1.165, 1.54) is 5.56 Å². The highest BCUT2D eigenvalue weighted by molar-refractivity contribution is 5.52. The Morgan fingerprint density at radius 2 is 1.52 bits per heavy atom. The van der Waals surface area contributed by atoms with Gasteiger partial charge in [-0.05, 0) is 23.3 Å². The van der Waals surface area contributed by atoms with Crippen LogP contribution in [0.2, 0.25) is 0 Å². The molecule has 0 bridgehead atoms. The van der Waals surface area contributed by atoms with Gasteiger partial charge in [0.25, 0.3) is 0 Å². The van der Waals surface area contributed by atoms with Crippen LogP contribution in [-0.4, -0.2) is 61.8 Å². The van der Waals surface area contributed by atoms with Gasteiger partial charge in [0.15, 0.2) is 11.5 Å². The predicted molar refractivity (Wildman–Crippen MR) is 108 cm³/mol.